The van der Waals surface area contributed by atoms with E-state index in [0.717, 1.165) is 0 Å². The zero-order chi connectivity index (χ0) is 14.7. The van der Waals surface area contributed by atoms with E-state index < -0.39 is 4.92 Å². The molecule has 104 valence electrons. The summed E-state index contributed by atoms with van der Waals surface area (Å²) < 4.78 is 4.89. The van der Waals surface area contributed by atoms with Gasteiger partial charge in [0.05, 0.1) is 22.8 Å². The second kappa shape index (κ2) is 5.56. The van der Waals surface area contributed by atoms with Crippen molar-refractivity contribution in [2.24, 2.45) is 0 Å². The zero-order valence-corrected chi connectivity index (χ0v) is 11.1. The number of hydrogen-bond donors (Lipinski definition) is 0. The van der Waals surface area contributed by atoms with Gasteiger partial charge in [-0.05, 0) is 18.6 Å². The van der Waals surface area contributed by atoms with Crippen molar-refractivity contribution in [2.45, 2.75) is 13.0 Å². The number of rotatable bonds is 4. The van der Waals surface area contributed by atoms with Crippen molar-refractivity contribution in [1.82, 2.24) is 4.90 Å². The van der Waals surface area contributed by atoms with Crippen LogP contribution in [-0.2, 0) is 0 Å². The summed E-state index contributed by atoms with van der Waals surface area (Å²) in [4.78, 5) is 24.0. The molecule has 1 aromatic heterocycles. The van der Waals surface area contributed by atoms with Crippen molar-refractivity contribution in [3.05, 3.63) is 64.1 Å². The summed E-state index contributed by atoms with van der Waals surface area (Å²) >= 11 is 0. The molecule has 0 aliphatic heterocycles. The number of hydrogen-bond acceptors (Lipinski definition) is 4. The molecule has 2 aromatic rings. The van der Waals surface area contributed by atoms with Crippen LogP contribution in [0.3, 0.4) is 0 Å². The van der Waals surface area contributed by atoms with Crippen molar-refractivity contribution in [3.63, 3.8) is 0 Å². The predicted molar refractivity (Wildman–Crippen MR) is 72.3 cm³/mol. The molecule has 0 aliphatic rings. The zero-order valence-electron chi connectivity index (χ0n) is 11.1. The highest BCUT2D eigenvalue weighted by molar-refractivity contribution is 5.93. The number of nitro benzene ring substituents is 1. The molecular formula is C14H14N2O4. The van der Waals surface area contributed by atoms with Crippen molar-refractivity contribution >= 4 is 11.6 Å². The minimum atomic E-state index is -0.450. The SMILES string of the molecule is C[C@H](c1cccc([N+](=O)[O-])c1)N(C)C(=O)c1ccoc1. The lowest BCUT2D eigenvalue weighted by Gasteiger charge is -2.24. The van der Waals surface area contributed by atoms with Crippen molar-refractivity contribution < 1.29 is 14.1 Å². The Kier molecular flexibility index (Phi) is 3.84. The molecule has 6 heteroatoms. The van der Waals surface area contributed by atoms with Crippen LogP contribution in [0, 0.1) is 10.1 Å². The second-order valence-corrected chi connectivity index (χ2v) is 4.46. The van der Waals surface area contributed by atoms with Gasteiger partial charge in [-0.1, -0.05) is 12.1 Å². The lowest BCUT2D eigenvalue weighted by molar-refractivity contribution is -0.384. The Hall–Kier alpha value is -2.63. The second-order valence-electron chi connectivity index (χ2n) is 4.46. The van der Waals surface area contributed by atoms with E-state index in [-0.39, 0.29) is 17.6 Å². The monoisotopic (exact) mass is 274 g/mol. The molecule has 6 nitrogen and oxygen atoms in total. The maximum Gasteiger partial charge on any atom is 0.269 e. The number of nitrogens with zero attached hydrogens (tertiary/aromatic N) is 2. The van der Waals surface area contributed by atoms with Gasteiger partial charge in [-0.25, -0.2) is 0 Å². The van der Waals surface area contributed by atoms with Gasteiger partial charge in [0.25, 0.3) is 11.6 Å². The molecule has 0 unspecified atom stereocenters. The molecule has 1 amide bonds. The van der Waals surface area contributed by atoms with Crippen LogP contribution >= 0.6 is 0 Å². The summed E-state index contributed by atoms with van der Waals surface area (Å²) in [5.74, 6) is -0.197. The average Bonchev–Trinajstić information content (AvgIpc) is 2.99. The quantitative estimate of drug-likeness (QED) is 0.634. The molecule has 1 heterocycles. The van der Waals surface area contributed by atoms with Crippen LogP contribution in [0.25, 0.3) is 0 Å². The lowest BCUT2D eigenvalue weighted by Crippen LogP contribution is -2.29. The number of benzene rings is 1. The largest absolute Gasteiger partial charge is 0.472 e. The number of furan rings is 1. The van der Waals surface area contributed by atoms with Gasteiger partial charge in [-0.15, -0.1) is 0 Å². The first kappa shape index (κ1) is 13.8. The Labute approximate surface area is 115 Å². The molecule has 0 fully saturated rings. The maximum atomic E-state index is 12.2. The van der Waals surface area contributed by atoms with Gasteiger partial charge in [-0.2, -0.15) is 0 Å². The van der Waals surface area contributed by atoms with E-state index in [0.29, 0.717) is 11.1 Å². The topological polar surface area (TPSA) is 76.6 Å². The molecule has 0 N–H and O–H groups in total. The molecule has 1 atom stereocenters. The number of carbonyl (C=O) groups is 1. The summed E-state index contributed by atoms with van der Waals surface area (Å²) in [6, 6.07) is 7.57. The first-order chi connectivity index (χ1) is 9.50. The molecular weight excluding hydrogens is 260 g/mol. The number of amides is 1. The fourth-order valence-electron chi connectivity index (χ4n) is 1.89. The summed E-state index contributed by atoms with van der Waals surface area (Å²) in [5.41, 5.74) is 1.17. The fraction of sp³-hybridized carbons (Fsp3) is 0.214. The van der Waals surface area contributed by atoms with Crippen LogP contribution in [0.4, 0.5) is 5.69 Å². The number of carbonyl (C=O) groups excluding carboxylic acids is 1. The van der Waals surface area contributed by atoms with Crippen molar-refractivity contribution in [1.29, 1.82) is 0 Å². The van der Waals surface area contributed by atoms with Gasteiger partial charge in [0.15, 0.2) is 0 Å². The molecule has 0 bridgehead atoms. The van der Waals surface area contributed by atoms with Gasteiger partial charge in [0.2, 0.25) is 0 Å². The summed E-state index contributed by atoms with van der Waals surface area (Å²) in [7, 11) is 1.65. The molecule has 0 aliphatic carbocycles. The third-order valence-electron chi connectivity index (χ3n) is 3.23. The minimum Gasteiger partial charge on any atom is -0.472 e. The normalized spacial score (nSPS) is 11.9. The Morgan fingerprint density at radius 2 is 2.15 bits per heavy atom. The van der Waals surface area contributed by atoms with Gasteiger partial charge in [0, 0.05) is 19.2 Å². The van der Waals surface area contributed by atoms with E-state index in [2.05, 4.69) is 0 Å². The molecule has 0 spiro atoms. The summed E-state index contributed by atoms with van der Waals surface area (Å²) in [6.45, 7) is 1.82. The standard InChI is InChI=1S/C14H14N2O4/c1-10(11-4-3-5-13(8-11)16(18)19)15(2)14(17)12-6-7-20-9-12/h3-10H,1-2H3/t10-/m1/s1. The Morgan fingerprint density at radius 1 is 1.40 bits per heavy atom. The minimum absolute atomic E-state index is 0.0125. The molecule has 2 rings (SSSR count). The van der Waals surface area contributed by atoms with Crippen molar-refractivity contribution in [2.75, 3.05) is 7.05 Å². The van der Waals surface area contributed by atoms with E-state index in [4.69, 9.17) is 4.42 Å². The molecule has 0 radical (unpaired) electrons. The highest BCUT2D eigenvalue weighted by Gasteiger charge is 2.21. The number of non-ortho nitro benzene ring substituents is 1. The Morgan fingerprint density at radius 3 is 2.75 bits per heavy atom. The fourth-order valence-corrected chi connectivity index (χ4v) is 1.89. The van der Waals surface area contributed by atoms with Gasteiger partial charge in [0.1, 0.15) is 6.26 Å². The third kappa shape index (κ3) is 2.69. The predicted octanol–water partition coefficient (Wildman–Crippen LogP) is 3.02. The first-order valence-corrected chi connectivity index (χ1v) is 6.04. The van der Waals surface area contributed by atoms with Crippen LogP contribution < -0.4 is 0 Å². The lowest BCUT2D eigenvalue weighted by atomic mass is 10.1. The van der Waals surface area contributed by atoms with Gasteiger partial charge in [-0.3, -0.25) is 14.9 Å². The Bertz CT molecular complexity index is 622. The highest BCUT2D eigenvalue weighted by atomic mass is 16.6. The van der Waals surface area contributed by atoms with Crippen LogP contribution in [-0.4, -0.2) is 22.8 Å². The smallest absolute Gasteiger partial charge is 0.269 e. The number of nitro groups is 1. The molecule has 0 saturated carbocycles. The summed E-state index contributed by atoms with van der Waals surface area (Å²) in [6.07, 6.45) is 2.80. The van der Waals surface area contributed by atoms with Crippen LogP contribution in [0.5, 0.6) is 0 Å². The third-order valence-corrected chi connectivity index (χ3v) is 3.23. The van der Waals surface area contributed by atoms with Crippen LogP contribution in [0.1, 0.15) is 28.9 Å². The molecule has 1 aromatic carbocycles. The van der Waals surface area contributed by atoms with Crippen molar-refractivity contribution in [3.8, 4) is 0 Å². The van der Waals surface area contributed by atoms with E-state index in [9.17, 15) is 14.9 Å². The first-order valence-electron chi connectivity index (χ1n) is 6.04. The Balaban J connectivity index is 2.22. The van der Waals surface area contributed by atoms with E-state index in [1.54, 1.807) is 25.2 Å². The summed E-state index contributed by atoms with van der Waals surface area (Å²) in [5, 5.41) is 10.8. The van der Waals surface area contributed by atoms with Crippen LogP contribution in [0.2, 0.25) is 0 Å². The van der Waals surface area contributed by atoms with Gasteiger partial charge < -0.3 is 9.32 Å². The molecule has 0 saturated heterocycles. The van der Waals surface area contributed by atoms with Crippen LogP contribution in [0.15, 0.2) is 47.3 Å². The van der Waals surface area contributed by atoms with E-state index in [1.807, 2.05) is 6.92 Å². The van der Waals surface area contributed by atoms with E-state index in [1.165, 1.54) is 29.6 Å². The highest BCUT2D eigenvalue weighted by Crippen LogP contribution is 2.24. The average molecular weight is 274 g/mol. The molecule has 20 heavy (non-hydrogen) atoms. The van der Waals surface area contributed by atoms with Gasteiger partial charge >= 0.3 is 0 Å². The van der Waals surface area contributed by atoms with E-state index >= 15 is 0 Å². The maximum absolute atomic E-state index is 12.2.